The fourth-order valence-corrected chi connectivity index (χ4v) is 3.33. The second-order valence-corrected chi connectivity index (χ2v) is 7.63. The number of amides is 1. The van der Waals surface area contributed by atoms with Crippen molar-refractivity contribution in [2.75, 3.05) is 39.5 Å². The van der Waals surface area contributed by atoms with Gasteiger partial charge in [0.15, 0.2) is 0 Å². The van der Waals surface area contributed by atoms with Crippen molar-refractivity contribution in [3.63, 3.8) is 0 Å². The maximum atomic E-state index is 12.8. The van der Waals surface area contributed by atoms with Gasteiger partial charge in [0.2, 0.25) is 0 Å². The Balaban J connectivity index is 2.03. The van der Waals surface area contributed by atoms with Gasteiger partial charge < -0.3 is 14.4 Å². The van der Waals surface area contributed by atoms with Gasteiger partial charge in [0.05, 0.1) is 19.8 Å². The molecule has 22 heavy (non-hydrogen) atoms. The normalized spacial score (nSPS) is 25.6. The molecule has 0 aromatic carbocycles. The van der Waals surface area contributed by atoms with Crippen LogP contribution < -0.4 is 0 Å². The molecule has 2 aliphatic rings. The molecule has 5 heteroatoms. The van der Waals surface area contributed by atoms with Crippen LogP contribution in [0.25, 0.3) is 0 Å². The minimum Gasteiger partial charge on any atom is -0.379 e. The zero-order valence-electron chi connectivity index (χ0n) is 14.9. The van der Waals surface area contributed by atoms with E-state index in [0.29, 0.717) is 13.2 Å². The Morgan fingerprint density at radius 2 is 1.68 bits per heavy atom. The van der Waals surface area contributed by atoms with Crippen LogP contribution in [-0.4, -0.2) is 72.3 Å². The lowest BCUT2D eigenvalue weighted by Crippen LogP contribution is -2.59. The first kappa shape index (κ1) is 17.7. The molecule has 1 atom stereocenters. The van der Waals surface area contributed by atoms with Crippen LogP contribution in [0, 0.1) is 0 Å². The van der Waals surface area contributed by atoms with E-state index in [1.165, 1.54) is 0 Å². The summed E-state index contributed by atoms with van der Waals surface area (Å²) in [6.45, 7) is 15.6. The van der Waals surface area contributed by atoms with Gasteiger partial charge in [-0.05, 0) is 34.1 Å². The molecule has 0 radical (unpaired) electrons. The summed E-state index contributed by atoms with van der Waals surface area (Å²) in [5, 5.41) is 0. The van der Waals surface area contributed by atoms with Gasteiger partial charge in [-0.3, -0.25) is 9.69 Å². The molecule has 0 aliphatic carbocycles. The summed E-state index contributed by atoms with van der Waals surface area (Å²) in [5.74, 6) is 0.152. The van der Waals surface area contributed by atoms with Crippen LogP contribution in [-0.2, 0) is 14.3 Å². The predicted molar refractivity (Wildman–Crippen MR) is 86.9 cm³/mol. The van der Waals surface area contributed by atoms with Gasteiger partial charge in [0.25, 0.3) is 5.91 Å². The average Bonchev–Trinajstić information content (AvgIpc) is 2.50. The second kappa shape index (κ2) is 6.85. The van der Waals surface area contributed by atoms with E-state index in [9.17, 15) is 4.79 Å². The number of morpholine rings is 2. The van der Waals surface area contributed by atoms with Gasteiger partial charge in [-0.2, -0.15) is 0 Å². The molecule has 0 spiro atoms. The van der Waals surface area contributed by atoms with Crippen LogP contribution in [0.4, 0.5) is 0 Å². The molecule has 128 valence electrons. The summed E-state index contributed by atoms with van der Waals surface area (Å²) in [4.78, 5) is 17.3. The molecule has 0 bridgehead atoms. The third-order valence-electron chi connectivity index (χ3n) is 5.32. The Hall–Kier alpha value is -0.650. The molecule has 1 unspecified atom stereocenters. The number of hydrogen-bond donors (Lipinski definition) is 0. The lowest BCUT2D eigenvalue weighted by atomic mass is 9.91. The van der Waals surface area contributed by atoms with Gasteiger partial charge in [-0.1, -0.05) is 6.92 Å². The fraction of sp³-hybridized carbons (Fsp3) is 0.941. The van der Waals surface area contributed by atoms with Crippen molar-refractivity contribution in [3.05, 3.63) is 0 Å². The molecule has 5 nitrogen and oxygen atoms in total. The van der Waals surface area contributed by atoms with Crippen LogP contribution in [0.1, 0.15) is 47.5 Å². The molecule has 0 N–H and O–H groups in total. The zero-order chi connectivity index (χ0) is 16.4. The number of carbonyl (C=O) groups excluding carboxylic acids is 1. The lowest BCUT2D eigenvalue weighted by molar-refractivity contribution is -0.164. The average molecular weight is 312 g/mol. The van der Waals surface area contributed by atoms with Gasteiger partial charge in [-0.25, -0.2) is 0 Å². The van der Waals surface area contributed by atoms with Crippen LogP contribution in [0.2, 0.25) is 0 Å². The summed E-state index contributed by atoms with van der Waals surface area (Å²) in [7, 11) is 0. The van der Waals surface area contributed by atoms with Crippen LogP contribution in [0.15, 0.2) is 0 Å². The molecule has 2 saturated heterocycles. The SMILES string of the molecule is CCC(C)(C)N1CCOC(CC(C)(C)N2CCOCC2)C1=O. The molecule has 0 aromatic rings. The summed E-state index contributed by atoms with van der Waals surface area (Å²) in [5.41, 5.74) is -0.147. The number of nitrogens with zero attached hydrogens (tertiary/aromatic N) is 2. The maximum Gasteiger partial charge on any atom is 0.252 e. The minimum absolute atomic E-state index is 0.0521. The summed E-state index contributed by atoms with van der Waals surface area (Å²) >= 11 is 0. The van der Waals surface area contributed by atoms with E-state index in [2.05, 4.69) is 39.5 Å². The van der Waals surface area contributed by atoms with Crippen molar-refractivity contribution in [1.29, 1.82) is 0 Å². The first-order chi connectivity index (χ1) is 10.3. The summed E-state index contributed by atoms with van der Waals surface area (Å²) in [6.07, 6.45) is 1.37. The zero-order valence-corrected chi connectivity index (χ0v) is 14.9. The van der Waals surface area contributed by atoms with Gasteiger partial charge in [0, 0.05) is 37.1 Å². The topological polar surface area (TPSA) is 42.0 Å². The smallest absolute Gasteiger partial charge is 0.252 e. The summed E-state index contributed by atoms with van der Waals surface area (Å²) < 4.78 is 11.3. The van der Waals surface area contributed by atoms with Crippen molar-refractivity contribution < 1.29 is 14.3 Å². The van der Waals surface area contributed by atoms with Crippen molar-refractivity contribution in [2.24, 2.45) is 0 Å². The molecule has 0 saturated carbocycles. The van der Waals surface area contributed by atoms with E-state index in [4.69, 9.17) is 9.47 Å². The lowest BCUT2D eigenvalue weighted by Gasteiger charge is -2.46. The maximum absolute atomic E-state index is 12.8. The quantitative estimate of drug-likeness (QED) is 0.777. The van der Waals surface area contributed by atoms with Crippen LogP contribution in [0.5, 0.6) is 0 Å². The Kier molecular flexibility index (Phi) is 5.51. The van der Waals surface area contributed by atoms with E-state index < -0.39 is 0 Å². The molecular formula is C17H32N2O3. The van der Waals surface area contributed by atoms with Crippen molar-refractivity contribution >= 4 is 5.91 Å². The number of ether oxygens (including phenoxy) is 2. The predicted octanol–water partition coefficient (Wildman–Crippen LogP) is 1.90. The van der Waals surface area contributed by atoms with Crippen molar-refractivity contribution in [2.45, 2.75) is 64.6 Å². The Labute approximate surface area is 134 Å². The number of hydrogen-bond acceptors (Lipinski definition) is 4. The Morgan fingerprint density at radius 1 is 1.05 bits per heavy atom. The number of carbonyl (C=O) groups is 1. The highest BCUT2D eigenvalue weighted by Crippen LogP contribution is 2.28. The van der Waals surface area contributed by atoms with E-state index >= 15 is 0 Å². The molecule has 2 heterocycles. The van der Waals surface area contributed by atoms with Crippen molar-refractivity contribution in [3.8, 4) is 0 Å². The second-order valence-electron chi connectivity index (χ2n) is 7.63. The largest absolute Gasteiger partial charge is 0.379 e. The van der Waals surface area contributed by atoms with Gasteiger partial charge in [0.1, 0.15) is 6.10 Å². The van der Waals surface area contributed by atoms with Gasteiger partial charge >= 0.3 is 0 Å². The van der Waals surface area contributed by atoms with Crippen molar-refractivity contribution in [1.82, 2.24) is 9.80 Å². The molecular weight excluding hydrogens is 280 g/mol. The Morgan fingerprint density at radius 3 is 2.27 bits per heavy atom. The van der Waals surface area contributed by atoms with E-state index in [0.717, 1.165) is 39.1 Å². The minimum atomic E-state index is -0.322. The standard InChI is InChI=1S/C17H32N2O3/c1-6-16(2,3)19-9-12-22-14(15(19)20)13-17(4,5)18-7-10-21-11-8-18/h14H,6-13H2,1-5H3. The third kappa shape index (κ3) is 3.81. The highest BCUT2D eigenvalue weighted by atomic mass is 16.5. The number of rotatable bonds is 5. The summed E-state index contributed by atoms with van der Waals surface area (Å²) in [6, 6.07) is 0. The molecule has 2 aliphatic heterocycles. The van der Waals surface area contributed by atoms with Gasteiger partial charge in [-0.15, -0.1) is 0 Å². The first-order valence-electron chi connectivity index (χ1n) is 8.54. The third-order valence-corrected chi connectivity index (χ3v) is 5.32. The van der Waals surface area contributed by atoms with E-state index in [-0.39, 0.29) is 23.1 Å². The first-order valence-corrected chi connectivity index (χ1v) is 8.54. The molecule has 1 amide bonds. The Bertz CT molecular complexity index is 389. The highest BCUT2D eigenvalue weighted by molar-refractivity contribution is 5.82. The van der Waals surface area contributed by atoms with E-state index in [1.54, 1.807) is 0 Å². The molecule has 2 fully saturated rings. The molecule has 0 aromatic heterocycles. The van der Waals surface area contributed by atoms with Crippen LogP contribution >= 0.6 is 0 Å². The monoisotopic (exact) mass is 312 g/mol. The fourth-order valence-electron chi connectivity index (χ4n) is 3.33. The van der Waals surface area contributed by atoms with Crippen LogP contribution in [0.3, 0.4) is 0 Å². The van der Waals surface area contributed by atoms with E-state index in [1.807, 2.05) is 4.90 Å². The highest BCUT2D eigenvalue weighted by Gasteiger charge is 2.41. The molecule has 2 rings (SSSR count).